The van der Waals surface area contributed by atoms with Crippen LogP contribution in [0, 0.1) is 5.92 Å². The number of rotatable bonds is 8. The van der Waals surface area contributed by atoms with Crippen LogP contribution in [0.3, 0.4) is 0 Å². The molecule has 3 rings (SSSR count). The van der Waals surface area contributed by atoms with Gasteiger partial charge in [-0.3, -0.25) is 9.59 Å². The fraction of sp³-hybridized carbons (Fsp3) is 0.500. The van der Waals surface area contributed by atoms with Crippen molar-refractivity contribution in [2.75, 3.05) is 54.5 Å². The molecule has 190 valence electrons. The summed E-state index contributed by atoms with van der Waals surface area (Å²) < 4.78 is 11.8. The third-order valence-corrected chi connectivity index (χ3v) is 6.27. The van der Waals surface area contributed by atoms with Gasteiger partial charge in [0.15, 0.2) is 0 Å². The zero-order chi connectivity index (χ0) is 25.7. The summed E-state index contributed by atoms with van der Waals surface area (Å²) in [6.07, 6.45) is 1.27. The molecule has 1 N–H and O–H groups in total. The minimum Gasteiger partial charge on any atom is -0.496 e. The largest absolute Gasteiger partial charge is 0.496 e. The van der Waals surface area contributed by atoms with E-state index in [-0.39, 0.29) is 36.3 Å². The Morgan fingerprint density at radius 3 is 2.66 bits per heavy atom. The monoisotopic (exact) mass is 484 g/mol. The van der Waals surface area contributed by atoms with E-state index in [0.717, 1.165) is 11.1 Å². The van der Waals surface area contributed by atoms with Gasteiger partial charge in [-0.15, -0.1) is 0 Å². The van der Waals surface area contributed by atoms with Crippen LogP contribution in [0.15, 0.2) is 36.5 Å². The SMILES string of the molecule is COc1ccccc1-c1cnc2c(c1)C(=O)N([C@H](C)CO)C[C@H](C)[C@@H](CN(C)C(=O)CN(C)C)O2. The van der Waals surface area contributed by atoms with Crippen LogP contribution in [-0.2, 0) is 4.79 Å². The van der Waals surface area contributed by atoms with E-state index in [1.165, 1.54) is 0 Å². The van der Waals surface area contributed by atoms with Crippen molar-refractivity contribution in [1.82, 2.24) is 19.7 Å². The van der Waals surface area contributed by atoms with E-state index in [0.29, 0.717) is 30.9 Å². The van der Waals surface area contributed by atoms with Crippen LogP contribution in [-0.4, -0.2) is 103 Å². The van der Waals surface area contributed by atoms with Gasteiger partial charge in [-0.25, -0.2) is 4.98 Å². The summed E-state index contributed by atoms with van der Waals surface area (Å²) in [7, 11) is 7.04. The Morgan fingerprint density at radius 2 is 2.00 bits per heavy atom. The maximum absolute atomic E-state index is 13.6. The highest BCUT2D eigenvalue weighted by atomic mass is 16.5. The van der Waals surface area contributed by atoms with Gasteiger partial charge in [-0.2, -0.15) is 0 Å². The summed E-state index contributed by atoms with van der Waals surface area (Å²) >= 11 is 0. The number of pyridine rings is 1. The van der Waals surface area contributed by atoms with Crippen molar-refractivity contribution in [2.24, 2.45) is 5.92 Å². The van der Waals surface area contributed by atoms with Crippen molar-refractivity contribution < 1.29 is 24.2 Å². The Balaban J connectivity index is 2.02. The van der Waals surface area contributed by atoms with Crippen LogP contribution in [0.1, 0.15) is 24.2 Å². The molecule has 1 aromatic carbocycles. The highest BCUT2D eigenvalue weighted by Crippen LogP contribution is 2.34. The predicted octanol–water partition coefficient (Wildman–Crippen LogP) is 2.00. The topological polar surface area (TPSA) is 95.4 Å². The number of fused-ring (bicyclic) bond motifs is 1. The van der Waals surface area contributed by atoms with E-state index in [4.69, 9.17) is 9.47 Å². The number of para-hydroxylation sites is 1. The second-order valence-electron chi connectivity index (χ2n) is 9.41. The molecule has 9 nitrogen and oxygen atoms in total. The molecule has 2 aromatic rings. The number of benzene rings is 1. The van der Waals surface area contributed by atoms with Gasteiger partial charge in [0.05, 0.1) is 32.8 Å². The van der Waals surface area contributed by atoms with Crippen molar-refractivity contribution in [3.63, 3.8) is 0 Å². The van der Waals surface area contributed by atoms with Crippen LogP contribution in [0.5, 0.6) is 11.6 Å². The number of aliphatic hydroxyl groups is 1. The van der Waals surface area contributed by atoms with Crippen LogP contribution in [0.25, 0.3) is 11.1 Å². The minimum atomic E-state index is -0.393. The summed E-state index contributed by atoms with van der Waals surface area (Å²) in [4.78, 5) is 35.9. The van der Waals surface area contributed by atoms with Gasteiger partial charge in [0, 0.05) is 36.8 Å². The first-order valence-corrected chi connectivity index (χ1v) is 11.8. The van der Waals surface area contributed by atoms with Crippen LogP contribution < -0.4 is 9.47 Å². The molecule has 0 radical (unpaired) electrons. The number of amides is 2. The number of aliphatic hydroxyl groups excluding tert-OH is 1. The Hall–Kier alpha value is -3.17. The number of hydrogen-bond acceptors (Lipinski definition) is 7. The van der Waals surface area contributed by atoms with E-state index in [1.807, 2.05) is 57.1 Å². The number of aromatic nitrogens is 1. The van der Waals surface area contributed by atoms with Crippen molar-refractivity contribution in [1.29, 1.82) is 0 Å². The van der Waals surface area contributed by atoms with Crippen molar-refractivity contribution >= 4 is 11.8 Å². The molecule has 0 spiro atoms. The van der Waals surface area contributed by atoms with Crippen LogP contribution >= 0.6 is 0 Å². The first kappa shape index (κ1) is 26.4. The summed E-state index contributed by atoms with van der Waals surface area (Å²) in [5, 5.41) is 9.86. The van der Waals surface area contributed by atoms with Gasteiger partial charge < -0.3 is 29.3 Å². The summed E-state index contributed by atoms with van der Waals surface area (Å²) in [5.74, 6) is 0.499. The lowest BCUT2D eigenvalue weighted by Crippen LogP contribution is -2.51. The molecule has 0 fully saturated rings. The molecular weight excluding hydrogens is 448 g/mol. The summed E-state index contributed by atoms with van der Waals surface area (Å²) in [6, 6.07) is 8.89. The van der Waals surface area contributed by atoms with E-state index in [9.17, 15) is 14.7 Å². The van der Waals surface area contributed by atoms with Crippen molar-refractivity contribution in [3.8, 4) is 22.8 Å². The van der Waals surface area contributed by atoms with Crippen molar-refractivity contribution in [3.05, 3.63) is 42.1 Å². The number of methoxy groups -OCH3 is 1. The molecule has 0 bridgehead atoms. The molecular formula is C26H36N4O5. The summed E-state index contributed by atoms with van der Waals surface area (Å²) in [6.45, 7) is 4.64. The first-order chi connectivity index (χ1) is 16.7. The third-order valence-electron chi connectivity index (χ3n) is 6.27. The molecule has 0 unspecified atom stereocenters. The molecule has 2 amide bonds. The lowest BCUT2D eigenvalue weighted by Gasteiger charge is -2.37. The van der Waals surface area contributed by atoms with Gasteiger partial charge in [0.1, 0.15) is 17.4 Å². The van der Waals surface area contributed by atoms with E-state index in [1.54, 1.807) is 36.2 Å². The van der Waals surface area contributed by atoms with Gasteiger partial charge >= 0.3 is 0 Å². The molecule has 1 aromatic heterocycles. The first-order valence-electron chi connectivity index (χ1n) is 11.8. The van der Waals surface area contributed by atoms with Gasteiger partial charge in [-0.1, -0.05) is 25.1 Å². The molecule has 35 heavy (non-hydrogen) atoms. The second kappa shape index (κ2) is 11.5. The molecule has 0 saturated carbocycles. The zero-order valence-electron chi connectivity index (χ0n) is 21.4. The molecule has 9 heteroatoms. The second-order valence-corrected chi connectivity index (χ2v) is 9.41. The minimum absolute atomic E-state index is 0.0239. The highest BCUT2D eigenvalue weighted by Gasteiger charge is 2.35. The Morgan fingerprint density at radius 1 is 1.29 bits per heavy atom. The average Bonchev–Trinajstić information content (AvgIpc) is 2.84. The number of carbonyl (C=O) groups excluding carboxylic acids is 2. The number of carbonyl (C=O) groups is 2. The molecule has 0 aliphatic carbocycles. The molecule has 2 heterocycles. The van der Waals surface area contributed by atoms with Crippen molar-refractivity contribution in [2.45, 2.75) is 26.0 Å². The molecule has 1 aliphatic heterocycles. The zero-order valence-corrected chi connectivity index (χ0v) is 21.4. The number of hydrogen-bond donors (Lipinski definition) is 1. The lowest BCUT2D eigenvalue weighted by molar-refractivity contribution is -0.132. The standard InChI is InChI=1S/C26H36N4O5/c1-17-13-30(18(2)16-31)26(33)21-11-19(20-9-7-8-10-22(20)34-6)12-27-25(21)35-23(17)14-29(5)24(32)15-28(3)4/h7-12,17-18,23,31H,13-16H2,1-6H3/t17-,18+,23+/m0/s1. The van der Waals surface area contributed by atoms with E-state index in [2.05, 4.69) is 4.98 Å². The average molecular weight is 485 g/mol. The van der Waals surface area contributed by atoms with Gasteiger partial charge in [0.25, 0.3) is 5.91 Å². The third kappa shape index (κ3) is 6.10. The number of likely N-dealkylation sites (N-methyl/N-ethyl adjacent to an activating group) is 2. The number of ether oxygens (including phenoxy) is 2. The van der Waals surface area contributed by atoms with E-state index < -0.39 is 6.10 Å². The van der Waals surface area contributed by atoms with Crippen LogP contribution in [0.2, 0.25) is 0 Å². The smallest absolute Gasteiger partial charge is 0.259 e. The lowest BCUT2D eigenvalue weighted by atomic mass is 9.99. The van der Waals surface area contributed by atoms with E-state index >= 15 is 0 Å². The number of nitrogens with zero attached hydrogens (tertiary/aromatic N) is 4. The Bertz CT molecular complexity index is 1040. The molecule has 3 atom stereocenters. The quantitative estimate of drug-likeness (QED) is 0.612. The van der Waals surface area contributed by atoms with Gasteiger partial charge in [0.2, 0.25) is 11.8 Å². The maximum atomic E-state index is 13.6. The van der Waals surface area contributed by atoms with Crippen LogP contribution in [0.4, 0.5) is 0 Å². The fourth-order valence-electron chi connectivity index (χ4n) is 4.11. The highest BCUT2D eigenvalue weighted by molar-refractivity contribution is 5.98. The summed E-state index contributed by atoms with van der Waals surface area (Å²) in [5.41, 5.74) is 1.84. The molecule has 1 aliphatic rings. The predicted molar refractivity (Wildman–Crippen MR) is 134 cm³/mol. The Kier molecular flexibility index (Phi) is 8.69. The Labute approximate surface area is 207 Å². The fourth-order valence-corrected chi connectivity index (χ4v) is 4.11. The normalized spacial score (nSPS) is 18.9. The molecule has 0 saturated heterocycles. The maximum Gasteiger partial charge on any atom is 0.259 e. The van der Waals surface area contributed by atoms with Gasteiger partial charge in [-0.05, 0) is 33.2 Å².